The second-order valence-corrected chi connectivity index (χ2v) is 25.7. The standard InChI is InChI=1S/C64H45GeN3/c1-6-22-48(23-7-1)65(49-24-8-2-9-25-49,50-26-10-3-11-27-50)51-35-39-62-58(43-51)60-45-56(38-41-64(60)68(62)53-30-14-5-15-31-53)66(54-36-34-46-20-16-17-21-47(46)42-54)55-37-40-63-59(44-55)57-32-18-19-33-61(57)67(63)52-28-12-4-13-29-52/h1-45H. The number of fused-ring (bicyclic) bond motifs is 7. The van der Waals surface area contributed by atoms with Gasteiger partial charge in [0.15, 0.2) is 0 Å². The van der Waals surface area contributed by atoms with E-state index >= 15 is 0 Å². The summed E-state index contributed by atoms with van der Waals surface area (Å²) in [6, 6.07) is 101. The first-order valence-corrected chi connectivity index (χ1v) is 27.6. The first-order chi connectivity index (χ1) is 33.7. The van der Waals surface area contributed by atoms with Gasteiger partial charge in [0.1, 0.15) is 0 Å². The predicted molar refractivity (Wildman–Crippen MR) is 291 cm³/mol. The van der Waals surface area contributed by atoms with Gasteiger partial charge in [-0.2, -0.15) is 0 Å². The van der Waals surface area contributed by atoms with Crippen LogP contribution in [0.4, 0.5) is 17.1 Å². The number of hydrogen-bond donors (Lipinski definition) is 0. The molecule has 0 N–H and O–H groups in total. The van der Waals surface area contributed by atoms with Gasteiger partial charge in [-0.1, -0.05) is 36.4 Å². The minimum atomic E-state index is -3.62. The van der Waals surface area contributed by atoms with Crippen LogP contribution < -0.4 is 22.5 Å². The number of hydrogen-bond acceptors (Lipinski definition) is 1. The zero-order valence-corrected chi connectivity index (χ0v) is 39.4. The van der Waals surface area contributed by atoms with Gasteiger partial charge in [-0.05, 0) is 18.2 Å². The smallest absolute Gasteiger partial charge is 0.0380 e. The summed E-state index contributed by atoms with van der Waals surface area (Å²) in [5.41, 5.74) is 10.3. The zero-order chi connectivity index (χ0) is 45.0. The molecule has 13 aromatic rings. The van der Waals surface area contributed by atoms with E-state index in [9.17, 15) is 0 Å². The Hall–Kier alpha value is -8.38. The summed E-state index contributed by atoms with van der Waals surface area (Å²) >= 11 is -3.62. The molecule has 0 aliphatic heterocycles. The van der Waals surface area contributed by atoms with Crippen LogP contribution in [0.2, 0.25) is 0 Å². The molecule has 0 aliphatic carbocycles. The van der Waals surface area contributed by atoms with E-state index in [1.807, 2.05) is 0 Å². The van der Waals surface area contributed by atoms with Crippen molar-refractivity contribution in [2.45, 2.75) is 0 Å². The maximum atomic E-state index is 2.55. The molecule has 0 spiro atoms. The molecule has 0 unspecified atom stereocenters. The summed E-state index contributed by atoms with van der Waals surface area (Å²) < 4.78 is 10.5. The Morgan fingerprint density at radius 1 is 0.250 bits per heavy atom. The summed E-state index contributed by atoms with van der Waals surface area (Å²) in [5.74, 6) is 0. The van der Waals surface area contributed by atoms with Gasteiger partial charge in [0.25, 0.3) is 0 Å². The fraction of sp³-hybridized carbons (Fsp3) is 0. The Balaban J connectivity index is 1.09. The molecular weight excluding hydrogens is 883 g/mol. The molecule has 2 heterocycles. The Labute approximate surface area is 398 Å². The van der Waals surface area contributed by atoms with Gasteiger partial charge >= 0.3 is 340 Å². The van der Waals surface area contributed by atoms with Crippen molar-refractivity contribution in [2.75, 3.05) is 4.90 Å². The Morgan fingerprint density at radius 3 is 1.18 bits per heavy atom. The number of rotatable bonds is 9. The van der Waals surface area contributed by atoms with Crippen molar-refractivity contribution in [1.29, 1.82) is 0 Å². The summed E-state index contributed by atoms with van der Waals surface area (Å²) in [5, 5.41) is 7.31. The van der Waals surface area contributed by atoms with Crippen molar-refractivity contribution >= 4 is 102 Å². The van der Waals surface area contributed by atoms with Crippen molar-refractivity contribution in [3.63, 3.8) is 0 Å². The molecule has 4 heteroatoms. The molecule has 11 aromatic carbocycles. The first-order valence-electron chi connectivity index (χ1n) is 23.4. The van der Waals surface area contributed by atoms with E-state index in [4.69, 9.17) is 0 Å². The number of anilines is 3. The zero-order valence-electron chi connectivity index (χ0n) is 37.3. The largest absolute Gasteiger partial charge is 0.0602 e. The van der Waals surface area contributed by atoms with E-state index in [-0.39, 0.29) is 0 Å². The van der Waals surface area contributed by atoms with E-state index < -0.39 is 13.3 Å². The summed E-state index contributed by atoms with van der Waals surface area (Å²) in [6.07, 6.45) is 0. The van der Waals surface area contributed by atoms with Crippen molar-refractivity contribution in [3.8, 4) is 11.4 Å². The van der Waals surface area contributed by atoms with Gasteiger partial charge in [-0.25, -0.2) is 0 Å². The summed E-state index contributed by atoms with van der Waals surface area (Å²) in [6.45, 7) is 0. The maximum Gasteiger partial charge on any atom is -0.0380 e. The van der Waals surface area contributed by atoms with Gasteiger partial charge in [0.05, 0.1) is 0 Å². The third-order valence-corrected chi connectivity index (χ3v) is 24.0. The molecule has 0 saturated carbocycles. The van der Waals surface area contributed by atoms with Gasteiger partial charge < -0.3 is 0 Å². The van der Waals surface area contributed by atoms with Crippen molar-refractivity contribution in [3.05, 3.63) is 273 Å². The van der Waals surface area contributed by atoms with E-state index in [2.05, 4.69) is 287 Å². The topological polar surface area (TPSA) is 13.1 Å². The minimum absolute atomic E-state index is 1.10. The normalized spacial score (nSPS) is 11.8. The van der Waals surface area contributed by atoms with Crippen LogP contribution in [0.25, 0.3) is 65.8 Å². The van der Waals surface area contributed by atoms with Crippen LogP contribution in [0.5, 0.6) is 0 Å². The molecule has 68 heavy (non-hydrogen) atoms. The Morgan fingerprint density at radius 2 is 0.632 bits per heavy atom. The van der Waals surface area contributed by atoms with Gasteiger partial charge in [-0.3, -0.25) is 0 Å². The Kier molecular flexibility index (Phi) is 9.69. The van der Waals surface area contributed by atoms with E-state index in [0.717, 1.165) is 28.4 Å². The Bertz CT molecular complexity index is 3860. The molecule has 13 rings (SSSR count). The van der Waals surface area contributed by atoms with Crippen LogP contribution in [0.15, 0.2) is 273 Å². The second-order valence-electron chi connectivity index (χ2n) is 17.7. The van der Waals surface area contributed by atoms with Crippen molar-refractivity contribution < 1.29 is 0 Å². The summed E-state index contributed by atoms with van der Waals surface area (Å²) in [7, 11) is 0. The number of nitrogens with zero attached hydrogens (tertiary/aromatic N) is 3. The van der Waals surface area contributed by atoms with Crippen LogP contribution in [-0.2, 0) is 0 Å². The van der Waals surface area contributed by atoms with Gasteiger partial charge in [-0.15, -0.1) is 0 Å². The molecule has 0 atom stereocenters. The third kappa shape index (κ3) is 6.42. The van der Waals surface area contributed by atoms with Crippen LogP contribution in [0.1, 0.15) is 0 Å². The number of para-hydroxylation sites is 3. The molecular formula is C64H45GeN3. The quantitative estimate of drug-likeness (QED) is 0.131. The molecule has 0 aliphatic rings. The minimum Gasteiger partial charge on any atom is -0.0602 e. The van der Waals surface area contributed by atoms with Gasteiger partial charge in [0, 0.05) is 5.69 Å². The predicted octanol–water partition coefficient (Wildman–Crippen LogP) is 13.9. The molecule has 0 saturated heterocycles. The molecule has 0 radical (unpaired) electrons. The first kappa shape index (κ1) is 39.9. The average molecular weight is 929 g/mol. The molecule has 3 nitrogen and oxygen atoms in total. The summed E-state index contributed by atoms with van der Waals surface area (Å²) in [4.78, 5) is 2.45. The van der Waals surface area contributed by atoms with Gasteiger partial charge in [0.2, 0.25) is 0 Å². The molecule has 2 aromatic heterocycles. The second kappa shape index (κ2) is 16.5. The molecule has 0 bridgehead atoms. The van der Waals surface area contributed by atoms with Crippen molar-refractivity contribution in [2.24, 2.45) is 0 Å². The number of aromatic nitrogens is 2. The monoisotopic (exact) mass is 929 g/mol. The molecule has 0 fully saturated rings. The third-order valence-electron chi connectivity index (χ3n) is 14.0. The SMILES string of the molecule is c1ccc(-n2c3ccccc3c3cc(N(c4ccc5ccccc5c4)c4ccc5c(c4)c4c[c]([Ge]([c]6ccccc6)([c]6ccccc6)[c]6ccccc6)ccc4n5-c4ccccc4)ccc32)cc1. The van der Waals surface area contributed by atoms with Crippen LogP contribution in [0.3, 0.4) is 0 Å². The van der Waals surface area contributed by atoms with Crippen LogP contribution in [0, 0.1) is 0 Å². The fourth-order valence-corrected chi connectivity index (χ4v) is 21.0. The fourth-order valence-electron chi connectivity index (χ4n) is 11.0. The van der Waals surface area contributed by atoms with Crippen LogP contribution in [-0.4, -0.2) is 22.4 Å². The van der Waals surface area contributed by atoms with E-state index in [1.54, 1.807) is 0 Å². The average Bonchev–Trinajstić information content (AvgIpc) is 3.92. The van der Waals surface area contributed by atoms with Crippen molar-refractivity contribution in [1.82, 2.24) is 9.13 Å². The van der Waals surface area contributed by atoms with Crippen LogP contribution >= 0.6 is 0 Å². The molecule has 0 amide bonds. The van der Waals surface area contributed by atoms with E-state index in [0.29, 0.717) is 0 Å². The molecule has 320 valence electrons. The van der Waals surface area contributed by atoms with E-state index in [1.165, 1.54) is 72.0 Å². The number of benzene rings is 11. The maximum absolute atomic E-state index is 3.62.